The van der Waals surface area contributed by atoms with E-state index in [9.17, 15) is 9.59 Å². The lowest BCUT2D eigenvalue weighted by Crippen LogP contribution is -2.37. The van der Waals surface area contributed by atoms with Crippen molar-refractivity contribution in [3.05, 3.63) is 16.9 Å². The van der Waals surface area contributed by atoms with E-state index >= 15 is 0 Å². The van der Waals surface area contributed by atoms with E-state index in [-0.39, 0.29) is 28.9 Å². The molecule has 2 rings (SSSR count). The standard InChI is InChI=1S/C17H26ClN5O3/c1-17(2,3)26-16(25)23-8-5-6-11(7-9-23)20-12-10-13(18)21-22-14(12)15(24)19-4/h10-11H,5-9H2,1-4H3,(H,19,24)(H,20,21). The van der Waals surface area contributed by atoms with Gasteiger partial charge in [-0.25, -0.2) is 4.79 Å². The minimum atomic E-state index is -0.511. The van der Waals surface area contributed by atoms with Crippen molar-refractivity contribution in [1.29, 1.82) is 0 Å². The average Bonchev–Trinajstić information content (AvgIpc) is 2.78. The summed E-state index contributed by atoms with van der Waals surface area (Å²) in [6.07, 6.45) is 2.12. The molecule has 1 aromatic rings. The van der Waals surface area contributed by atoms with Crippen molar-refractivity contribution in [2.45, 2.75) is 51.7 Å². The number of halogens is 1. The summed E-state index contributed by atoms with van der Waals surface area (Å²) < 4.78 is 5.45. The van der Waals surface area contributed by atoms with Crippen LogP contribution < -0.4 is 10.6 Å². The predicted octanol–water partition coefficient (Wildman–Crippen LogP) is 2.69. The number of amides is 2. The van der Waals surface area contributed by atoms with Crippen molar-refractivity contribution in [2.24, 2.45) is 0 Å². The van der Waals surface area contributed by atoms with Crippen molar-refractivity contribution < 1.29 is 14.3 Å². The van der Waals surface area contributed by atoms with Gasteiger partial charge < -0.3 is 20.3 Å². The number of likely N-dealkylation sites (tertiary alicyclic amines) is 1. The van der Waals surface area contributed by atoms with Crippen LogP contribution in [0, 0.1) is 0 Å². The molecule has 0 spiro atoms. The van der Waals surface area contributed by atoms with E-state index in [1.165, 1.54) is 7.05 Å². The maximum atomic E-state index is 12.3. The normalized spacial score (nSPS) is 18.0. The summed E-state index contributed by atoms with van der Waals surface area (Å²) in [6, 6.07) is 1.68. The third kappa shape index (κ3) is 5.72. The molecular weight excluding hydrogens is 358 g/mol. The van der Waals surface area contributed by atoms with Gasteiger partial charge in [-0.3, -0.25) is 4.79 Å². The lowest BCUT2D eigenvalue weighted by molar-refractivity contribution is 0.0256. The first-order valence-electron chi connectivity index (χ1n) is 8.69. The molecule has 0 radical (unpaired) electrons. The minimum absolute atomic E-state index is 0.0890. The van der Waals surface area contributed by atoms with E-state index in [1.54, 1.807) is 11.0 Å². The van der Waals surface area contributed by atoms with E-state index in [1.807, 2.05) is 20.8 Å². The Morgan fingerprint density at radius 3 is 2.65 bits per heavy atom. The molecule has 1 fully saturated rings. The summed E-state index contributed by atoms with van der Waals surface area (Å²) in [6.45, 7) is 6.79. The molecule has 2 N–H and O–H groups in total. The van der Waals surface area contributed by atoms with E-state index in [0.29, 0.717) is 18.8 Å². The van der Waals surface area contributed by atoms with Crippen molar-refractivity contribution in [3.8, 4) is 0 Å². The number of ether oxygens (including phenoxy) is 1. The molecule has 0 aliphatic carbocycles. The zero-order valence-electron chi connectivity index (χ0n) is 15.6. The fourth-order valence-electron chi connectivity index (χ4n) is 2.73. The average molecular weight is 384 g/mol. The number of nitrogens with zero attached hydrogens (tertiary/aromatic N) is 3. The zero-order chi connectivity index (χ0) is 19.3. The predicted molar refractivity (Wildman–Crippen MR) is 99.5 cm³/mol. The number of rotatable bonds is 3. The Morgan fingerprint density at radius 1 is 1.27 bits per heavy atom. The Hall–Kier alpha value is -2.09. The largest absolute Gasteiger partial charge is 0.444 e. The molecule has 0 aromatic carbocycles. The second-order valence-corrected chi connectivity index (χ2v) is 7.64. The lowest BCUT2D eigenvalue weighted by Gasteiger charge is -2.26. The molecule has 144 valence electrons. The fourth-order valence-corrected chi connectivity index (χ4v) is 2.88. The summed E-state index contributed by atoms with van der Waals surface area (Å²) in [5.74, 6) is -0.333. The fraction of sp³-hybridized carbons (Fsp3) is 0.647. The van der Waals surface area contributed by atoms with Crippen LogP contribution in [-0.2, 0) is 4.74 Å². The van der Waals surface area contributed by atoms with Gasteiger partial charge >= 0.3 is 6.09 Å². The molecule has 1 unspecified atom stereocenters. The van der Waals surface area contributed by atoms with Gasteiger partial charge in [0.05, 0.1) is 5.69 Å². The second kappa shape index (κ2) is 8.53. The van der Waals surface area contributed by atoms with Gasteiger partial charge in [-0.2, -0.15) is 0 Å². The number of aromatic nitrogens is 2. The smallest absolute Gasteiger partial charge is 0.410 e. The Morgan fingerprint density at radius 2 is 2.00 bits per heavy atom. The number of carbonyl (C=O) groups excluding carboxylic acids is 2. The SMILES string of the molecule is CNC(=O)c1nnc(Cl)cc1NC1CCCN(C(=O)OC(C)(C)C)CC1. The van der Waals surface area contributed by atoms with Gasteiger partial charge in [0.25, 0.3) is 5.91 Å². The third-order valence-electron chi connectivity index (χ3n) is 3.95. The maximum absolute atomic E-state index is 12.3. The highest BCUT2D eigenvalue weighted by Gasteiger charge is 2.26. The van der Waals surface area contributed by atoms with Crippen LogP contribution in [0.1, 0.15) is 50.5 Å². The highest BCUT2D eigenvalue weighted by atomic mass is 35.5. The monoisotopic (exact) mass is 383 g/mol. The summed E-state index contributed by atoms with van der Waals surface area (Å²) in [7, 11) is 1.53. The van der Waals surface area contributed by atoms with Gasteiger partial charge in [0.15, 0.2) is 10.8 Å². The topological polar surface area (TPSA) is 96.5 Å². The molecule has 1 aromatic heterocycles. The molecule has 8 nitrogen and oxygen atoms in total. The molecule has 0 bridgehead atoms. The van der Waals surface area contributed by atoms with Crippen LogP contribution >= 0.6 is 11.6 Å². The highest BCUT2D eigenvalue weighted by molar-refractivity contribution is 6.29. The number of hydrogen-bond acceptors (Lipinski definition) is 6. The van der Waals surface area contributed by atoms with E-state index < -0.39 is 5.60 Å². The molecule has 1 aliphatic rings. The molecular formula is C17H26ClN5O3. The van der Waals surface area contributed by atoms with Crippen LogP contribution in [0.5, 0.6) is 0 Å². The number of hydrogen-bond donors (Lipinski definition) is 2. The molecule has 2 amide bonds. The molecule has 9 heteroatoms. The molecule has 2 heterocycles. The van der Waals surface area contributed by atoms with Crippen LogP contribution in [0.3, 0.4) is 0 Å². The van der Waals surface area contributed by atoms with Crippen molar-refractivity contribution >= 4 is 29.3 Å². The Bertz CT molecular complexity index is 662. The van der Waals surface area contributed by atoms with Crippen molar-refractivity contribution in [3.63, 3.8) is 0 Å². The summed E-state index contributed by atoms with van der Waals surface area (Å²) in [5, 5.41) is 13.7. The Balaban J connectivity index is 2.03. The number of anilines is 1. The van der Waals surface area contributed by atoms with E-state index in [2.05, 4.69) is 20.8 Å². The first-order chi connectivity index (χ1) is 12.2. The third-order valence-corrected chi connectivity index (χ3v) is 4.13. The van der Waals surface area contributed by atoms with Gasteiger partial charge in [-0.1, -0.05) is 11.6 Å². The zero-order valence-corrected chi connectivity index (χ0v) is 16.4. The molecule has 26 heavy (non-hydrogen) atoms. The van der Waals surface area contributed by atoms with Gasteiger partial charge in [0, 0.05) is 32.2 Å². The lowest BCUT2D eigenvalue weighted by atomic mass is 10.1. The van der Waals surface area contributed by atoms with Gasteiger partial charge in [-0.05, 0) is 40.0 Å². The van der Waals surface area contributed by atoms with Gasteiger partial charge in [0.2, 0.25) is 0 Å². The summed E-state index contributed by atoms with van der Waals surface area (Å²) in [4.78, 5) is 25.9. The highest BCUT2D eigenvalue weighted by Crippen LogP contribution is 2.22. The van der Waals surface area contributed by atoms with E-state index in [0.717, 1.165) is 19.3 Å². The molecule has 1 aliphatic heterocycles. The van der Waals surface area contributed by atoms with Crippen molar-refractivity contribution in [1.82, 2.24) is 20.4 Å². The second-order valence-electron chi connectivity index (χ2n) is 7.25. The Kier molecular flexibility index (Phi) is 6.63. The minimum Gasteiger partial charge on any atom is -0.444 e. The van der Waals surface area contributed by atoms with Crippen LogP contribution in [0.25, 0.3) is 0 Å². The van der Waals surface area contributed by atoms with E-state index in [4.69, 9.17) is 16.3 Å². The van der Waals surface area contributed by atoms with Gasteiger partial charge in [-0.15, -0.1) is 10.2 Å². The van der Waals surface area contributed by atoms with Crippen LogP contribution in [0.4, 0.5) is 10.5 Å². The van der Waals surface area contributed by atoms with Crippen LogP contribution in [0.15, 0.2) is 6.07 Å². The first-order valence-corrected chi connectivity index (χ1v) is 9.07. The summed E-state index contributed by atoms with van der Waals surface area (Å²) in [5.41, 5.74) is 0.230. The van der Waals surface area contributed by atoms with Crippen LogP contribution in [0.2, 0.25) is 5.15 Å². The van der Waals surface area contributed by atoms with Gasteiger partial charge in [0.1, 0.15) is 5.60 Å². The number of nitrogens with one attached hydrogen (secondary N) is 2. The maximum Gasteiger partial charge on any atom is 0.410 e. The van der Waals surface area contributed by atoms with Crippen molar-refractivity contribution in [2.75, 3.05) is 25.5 Å². The molecule has 1 saturated heterocycles. The quantitative estimate of drug-likeness (QED) is 0.833. The van der Waals surface area contributed by atoms with Crippen LogP contribution in [-0.4, -0.2) is 58.9 Å². The molecule has 1 atom stereocenters. The Labute approximate surface area is 158 Å². The summed E-state index contributed by atoms with van der Waals surface area (Å²) >= 11 is 5.93. The number of carbonyl (C=O) groups is 2. The first kappa shape index (κ1) is 20.2. The molecule has 0 saturated carbocycles.